The molecule has 0 aromatic rings. The Morgan fingerprint density at radius 1 is 1.50 bits per heavy atom. The molecule has 82 valence electrons. The molecule has 1 aliphatic carbocycles. The molecule has 0 aromatic heterocycles. The van der Waals surface area contributed by atoms with E-state index in [1.165, 1.54) is 25.7 Å². The summed E-state index contributed by atoms with van der Waals surface area (Å²) in [6, 6.07) is 0.732. The zero-order valence-corrected chi connectivity index (χ0v) is 9.51. The Morgan fingerprint density at radius 3 is 2.79 bits per heavy atom. The standard InChI is InChI=1S/C12H23NO/c1-3-4-10(2)9-12(14)7-8-13-11-5-6-11/h10-11,13H,3-9H2,1-2H3. The molecule has 1 aliphatic rings. The van der Waals surface area contributed by atoms with Gasteiger partial charge in [-0.25, -0.2) is 0 Å². The van der Waals surface area contributed by atoms with E-state index < -0.39 is 0 Å². The molecular formula is C12H23NO. The minimum Gasteiger partial charge on any atom is -0.314 e. The van der Waals surface area contributed by atoms with Crippen LogP contribution in [0.5, 0.6) is 0 Å². The molecule has 1 atom stereocenters. The smallest absolute Gasteiger partial charge is 0.134 e. The summed E-state index contributed by atoms with van der Waals surface area (Å²) >= 11 is 0. The predicted octanol–water partition coefficient (Wildman–Crippen LogP) is 2.52. The van der Waals surface area contributed by atoms with Crippen LogP contribution in [0.1, 0.15) is 52.4 Å². The van der Waals surface area contributed by atoms with Gasteiger partial charge in [-0.3, -0.25) is 4.79 Å². The van der Waals surface area contributed by atoms with Gasteiger partial charge in [-0.1, -0.05) is 26.7 Å². The number of carbonyl (C=O) groups is 1. The van der Waals surface area contributed by atoms with Crippen LogP contribution >= 0.6 is 0 Å². The average Bonchev–Trinajstić information content (AvgIpc) is 2.88. The van der Waals surface area contributed by atoms with Crippen LogP contribution in [0.2, 0.25) is 0 Å². The third-order valence-corrected chi connectivity index (χ3v) is 2.77. The van der Waals surface area contributed by atoms with Crippen LogP contribution in [0.3, 0.4) is 0 Å². The molecule has 0 aliphatic heterocycles. The topological polar surface area (TPSA) is 29.1 Å². The maximum atomic E-state index is 11.5. The molecule has 0 aromatic carbocycles. The molecule has 1 saturated carbocycles. The Kier molecular flexibility index (Phi) is 5.16. The van der Waals surface area contributed by atoms with Gasteiger partial charge in [0.2, 0.25) is 0 Å². The number of nitrogens with one attached hydrogen (secondary N) is 1. The number of hydrogen-bond acceptors (Lipinski definition) is 2. The summed E-state index contributed by atoms with van der Waals surface area (Å²) in [5.74, 6) is 1.01. The van der Waals surface area contributed by atoms with E-state index >= 15 is 0 Å². The van der Waals surface area contributed by atoms with Crippen LogP contribution in [-0.4, -0.2) is 18.4 Å². The van der Waals surface area contributed by atoms with Crippen LogP contribution in [0.15, 0.2) is 0 Å². The molecule has 2 nitrogen and oxygen atoms in total. The second kappa shape index (κ2) is 6.18. The highest BCUT2D eigenvalue weighted by atomic mass is 16.1. The minimum atomic E-state index is 0.430. The van der Waals surface area contributed by atoms with Gasteiger partial charge in [-0.15, -0.1) is 0 Å². The van der Waals surface area contributed by atoms with Crippen LogP contribution in [0, 0.1) is 5.92 Å². The SMILES string of the molecule is CCCC(C)CC(=O)CCNC1CC1. The third-order valence-electron chi connectivity index (χ3n) is 2.77. The molecule has 1 fully saturated rings. The van der Waals surface area contributed by atoms with Gasteiger partial charge < -0.3 is 5.32 Å². The van der Waals surface area contributed by atoms with Gasteiger partial charge in [0, 0.05) is 25.4 Å². The number of carbonyl (C=O) groups excluding carboxylic acids is 1. The van der Waals surface area contributed by atoms with E-state index in [0.717, 1.165) is 25.4 Å². The fourth-order valence-corrected chi connectivity index (χ4v) is 1.79. The summed E-state index contributed by atoms with van der Waals surface area (Å²) in [5, 5.41) is 3.37. The third kappa shape index (κ3) is 5.38. The Hall–Kier alpha value is -0.370. The highest BCUT2D eigenvalue weighted by Gasteiger charge is 2.20. The van der Waals surface area contributed by atoms with Crippen LogP contribution in [-0.2, 0) is 4.79 Å². The molecule has 1 rings (SSSR count). The maximum Gasteiger partial charge on any atom is 0.134 e. The van der Waals surface area contributed by atoms with E-state index in [2.05, 4.69) is 19.2 Å². The molecule has 0 heterocycles. The van der Waals surface area contributed by atoms with Crippen molar-refractivity contribution in [2.75, 3.05) is 6.54 Å². The molecule has 0 spiro atoms. The van der Waals surface area contributed by atoms with Crippen molar-refractivity contribution < 1.29 is 4.79 Å². The van der Waals surface area contributed by atoms with E-state index in [9.17, 15) is 4.79 Å². The largest absolute Gasteiger partial charge is 0.314 e. The van der Waals surface area contributed by atoms with E-state index in [1.807, 2.05) is 0 Å². The number of ketones is 1. The van der Waals surface area contributed by atoms with Crippen molar-refractivity contribution in [3.8, 4) is 0 Å². The molecule has 0 saturated heterocycles. The maximum absolute atomic E-state index is 11.5. The Bertz CT molecular complexity index is 175. The highest BCUT2D eigenvalue weighted by Crippen LogP contribution is 2.18. The van der Waals surface area contributed by atoms with Gasteiger partial charge in [-0.2, -0.15) is 0 Å². The van der Waals surface area contributed by atoms with Gasteiger partial charge >= 0.3 is 0 Å². The zero-order valence-electron chi connectivity index (χ0n) is 9.51. The van der Waals surface area contributed by atoms with Gasteiger partial charge in [0.25, 0.3) is 0 Å². The average molecular weight is 197 g/mol. The summed E-state index contributed by atoms with van der Waals surface area (Å²) in [6.07, 6.45) is 6.49. The van der Waals surface area contributed by atoms with Crippen LogP contribution in [0.25, 0.3) is 0 Å². The predicted molar refractivity (Wildman–Crippen MR) is 59.3 cm³/mol. The second-order valence-electron chi connectivity index (χ2n) is 4.62. The van der Waals surface area contributed by atoms with Crippen molar-refractivity contribution in [2.24, 2.45) is 5.92 Å². The molecular weight excluding hydrogens is 174 g/mol. The highest BCUT2D eigenvalue weighted by molar-refractivity contribution is 5.78. The monoisotopic (exact) mass is 197 g/mol. The molecule has 1 unspecified atom stereocenters. The van der Waals surface area contributed by atoms with Crippen molar-refractivity contribution in [1.82, 2.24) is 5.32 Å². The summed E-state index contributed by atoms with van der Waals surface area (Å²) < 4.78 is 0. The Morgan fingerprint density at radius 2 is 2.21 bits per heavy atom. The van der Waals surface area contributed by atoms with E-state index in [1.54, 1.807) is 0 Å². The lowest BCUT2D eigenvalue weighted by Gasteiger charge is -2.08. The van der Waals surface area contributed by atoms with Gasteiger partial charge in [0.1, 0.15) is 5.78 Å². The van der Waals surface area contributed by atoms with Crippen molar-refractivity contribution in [1.29, 1.82) is 0 Å². The van der Waals surface area contributed by atoms with Crippen LogP contribution < -0.4 is 5.32 Å². The Balaban J connectivity index is 1.96. The molecule has 2 heteroatoms. The summed E-state index contributed by atoms with van der Waals surface area (Å²) in [7, 11) is 0. The number of Topliss-reactive ketones (excluding diaryl/α,β-unsaturated/α-hetero) is 1. The van der Waals surface area contributed by atoms with Gasteiger partial charge in [0.15, 0.2) is 0 Å². The van der Waals surface area contributed by atoms with Crippen LogP contribution in [0.4, 0.5) is 0 Å². The summed E-state index contributed by atoms with van der Waals surface area (Å²) in [5.41, 5.74) is 0. The van der Waals surface area contributed by atoms with E-state index in [-0.39, 0.29) is 0 Å². The minimum absolute atomic E-state index is 0.430. The summed E-state index contributed by atoms with van der Waals surface area (Å²) in [6.45, 7) is 5.24. The van der Waals surface area contributed by atoms with E-state index in [4.69, 9.17) is 0 Å². The molecule has 0 amide bonds. The lowest BCUT2D eigenvalue weighted by Crippen LogP contribution is -2.20. The molecule has 14 heavy (non-hydrogen) atoms. The van der Waals surface area contributed by atoms with Crippen molar-refractivity contribution in [3.05, 3.63) is 0 Å². The summed E-state index contributed by atoms with van der Waals surface area (Å²) in [4.78, 5) is 11.5. The number of rotatable bonds is 8. The lowest BCUT2D eigenvalue weighted by molar-refractivity contribution is -0.119. The molecule has 0 bridgehead atoms. The quantitative estimate of drug-likeness (QED) is 0.648. The zero-order chi connectivity index (χ0) is 10.4. The molecule has 1 N–H and O–H groups in total. The normalized spacial score (nSPS) is 18.1. The number of hydrogen-bond donors (Lipinski definition) is 1. The first kappa shape index (κ1) is 11.7. The first-order valence-electron chi connectivity index (χ1n) is 5.97. The lowest BCUT2D eigenvalue weighted by atomic mass is 9.98. The molecule has 0 radical (unpaired) electrons. The van der Waals surface area contributed by atoms with Gasteiger partial charge in [-0.05, 0) is 18.8 Å². The van der Waals surface area contributed by atoms with Gasteiger partial charge in [0.05, 0.1) is 0 Å². The second-order valence-corrected chi connectivity index (χ2v) is 4.62. The first-order chi connectivity index (χ1) is 6.72. The fraction of sp³-hybridized carbons (Fsp3) is 0.917. The van der Waals surface area contributed by atoms with Crippen molar-refractivity contribution >= 4 is 5.78 Å². The van der Waals surface area contributed by atoms with Crippen molar-refractivity contribution in [2.45, 2.75) is 58.4 Å². The first-order valence-corrected chi connectivity index (χ1v) is 5.97. The van der Waals surface area contributed by atoms with Crippen molar-refractivity contribution in [3.63, 3.8) is 0 Å². The Labute approximate surface area is 87.5 Å². The van der Waals surface area contributed by atoms with E-state index in [0.29, 0.717) is 11.7 Å². The fourth-order valence-electron chi connectivity index (χ4n) is 1.79.